The second-order valence-electron chi connectivity index (χ2n) is 4.77. The summed E-state index contributed by atoms with van der Waals surface area (Å²) in [4.78, 5) is 15.7. The minimum absolute atomic E-state index is 0.0482. The first-order valence-electron chi connectivity index (χ1n) is 6.77. The molecule has 2 aromatic heterocycles. The number of para-hydroxylation sites is 1. The summed E-state index contributed by atoms with van der Waals surface area (Å²) in [5.41, 5.74) is 1.66. The largest absolute Gasteiger partial charge is 0.415 e. The van der Waals surface area contributed by atoms with Gasteiger partial charge in [-0.1, -0.05) is 30.0 Å². The van der Waals surface area contributed by atoms with Gasteiger partial charge in [0.25, 0.3) is 5.22 Å². The molecule has 1 atom stereocenters. The van der Waals surface area contributed by atoms with Gasteiger partial charge in [0.2, 0.25) is 5.89 Å². The third-order valence-corrected chi connectivity index (χ3v) is 4.69. The summed E-state index contributed by atoms with van der Waals surface area (Å²) >= 11 is 2.91. The van der Waals surface area contributed by atoms with E-state index in [1.165, 1.54) is 11.8 Å². The zero-order valence-electron chi connectivity index (χ0n) is 12.2. The molecule has 0 amide bonds. The fourth-order valence-electron chi connectivity index (χ4n) is 2.17. The van der Waals surface area contributed by atoms with Crippen molar-refractivity contribution in [2.24, 2.45) is 0 Å². The number of Topliss-reactive ketones (excluding diaryl/α,β-unsaturated/α-hetero) is 1. The molecule has 0 aliphatic carbocycles. The van der Waals surface area contributed by atoms with Crippen LogP contribution in [0.4, 0.5) is 0 Å². The highest BCUT2D eigenvalue weighted by molar-refractivity contribution is 8.00. The zero-order valence-corrected chi connectivity index (χ0v) is 13.8. The zero-order chi connectivity index (χ0) is 15.5. The standard InChI is InChI=1S/C15H15N3O2S2/c1-9(22-15-18-17-13(20-15)8-21-2)14(19)11-7-16-12-6-4-3-5-10(11)12/h3-7,9,16H,8H2,1-2H3. The summed E-state index contributed by atoms with van der Waals surface area (Å²) in [6.45, 7) is 1.85. The predicted molar refractivity (Wildman–Crippen MR) is 89.5 cm³/mol. The quantitative estimate of drug-likeness (QED) is 0.547. The second kappa shape index (κ2) is 6.58. The van der Waals surface area contributed by atoms with E-state index < -0.39 is 0 Å². The number of carbonyl (C=O) groups is 1. The Balaban J connectivity index is 1.76. The number of fused-ring (bicyclic) bond motifs is 1. The Bertz CT molecular complexity index is 797. The second-order valence-corrected chi connectivity index (χ2v) is 6.93. The van der Waals surface area contributed by atoms with Crippen LogP contribution in [0, 0.1) is 0 Å². The van der Waals surface area contributed by atoms with Crippen LogP contribution in [0.1, 0.15) is 23.2 Å². The number of aromatic nitrogens is 3. The van der Waals surface area contributed by atoms with Crippen LogP contribution in [0.2, 0.25) is 0 Å². The first-order valence-corrected chi connectivity index (χ1v) is 9.04. The van der Waals surface area contributed by atoms with E-state index in [-0.39, 0.29) is 11.0 Å². The lowest BCUT2D eigenvalue weighted by Crippen LogP contribution is -2.13. The number of rotatable bonds is 6. The van der Waals surface area contributed by atoms with Crippen molar-refractivity contribution < 1.29 is 9.21 Å². The highest BCUT2D eigenvalue weighted by atomic mass is 32.2. The van der Waals surface area contributed by atoms with E-state index in [2.05, 4.69) is 15.2 Å². The number of ketones is 1. The Morgan fingerprint density at radius 2 is 2.18 bits per heavy atom. The van der Waals surface area contributed by atoms with Crippen molar-refractivity contribution in [1.82, 2.24) is 15.2 Å². The van der Waals surface area contributed by atoms with Crippen LogP contribution in [-0.4, -0.2) is 32.5 Å². The Hall–Kier alpha value is -1.73. The van der Waals surface area contributed by atoms with Gasteiger partial charge >= 0.3 is 0 Å². The van der Waals surface area contributed by atoms with E-state index in [1.54, 1.807) is 18.0 Å². The van der Waals surface area contributed by atoms with Crippen LogP contribution in [0.25, 0.3) is 10.9 Å². The molecule has 3 aromatic rings. The minimum atomic E-state index is -0.290. The molecular formula is C15H15N3O2S2. The van der Waals surface area contributed by atoms with Gasteiger partial charge in [-0.3, -0.25) is 4.79 Å². The van der Waals surface area contributed by atoms with Gasteiger partial charge in [-0.25, -0.2) is 0 Å². The minimum Gasteiger partial charge on any atom is -0.415 e. The van der Waals surface area contributed by atoms with Crippen LogP contribution in [0.5, 0.6) is 0 Å². The number of hydrogen-bond donors (Lipinski definition) is 1. The maximum Gasteiger partial charge on any atom is 0.277 e. The molecule has 1 unspecified atom stereocenters. The molecular weight excluding hydrogens is 318 g/mol. The van der Waals surface area contributed by atoms with Gasteiger partial charge in [-0.15, -0.1) is 10.2 Å². The van der Waals surface area contributed by atoms with E-state index in [0.29, 0.717) is 22.4 Å². The lowest BCUT2D eigenvalue weighted by atomic mass is 10.1. The van der Waals surface area contributed by atoms with Crippen molar-refractivity contribution in [3.8, 4) is 0 Å². The highest BCUT2D eigenvalue weighted by Gasteiger charge is 2.22. The Morgan fingerprint density at radius 3 is 3.00 bits per heavy atom. The number of benzene rings is 1. The molecule has 22 heavy (non-hydrogen) atoms. The van der Waals surface area contributed by atoms with Gasteiger partial charge in [0.1, 0.15) is 0 Å². The molecule has 0 saturated heterocycles. The van der Waals surface area contributed by atoms with Crippen molar-refractivity contribution in [2.75, 3.05) is 6.26 Å². The Kier molecular flexibility index (Phi) is 4.54. The van der Waals surface area contributed by atoms with Crippen LogP contribution in [0.15, 0.2) is 40.1 Å². The van der Waals surface area contributed by atoms with Gasteiger partial charge in [-0.05, 0) is 19.2 Å². The molecule has 114 valence electrons. The molecule has 0 aliphatic rings. The monoisotopic (exact) mass is 333 g/mol. The van der Waals surface area contributed by atoms with Gasteiger partial charge in [0, 0.05) is 22.7 Å². The van der Waals surface area contributed by atoms with Crippen LogP contribution >= 0.6 is 23.5 Å². The number of nitrogens with zero attached hydrogens (tertiary/aromatic N) is 2. The van der Waals surface area contributed by atoms with Gasteiger partial charge in [0.15, 0.2) is 5.78 Å². The molecule has 0 bridgehead atoms. The fraction of sp³-hybridized carbons (Fsp3) is 0.267. The van der Waals surface area contributed by atoms with E-state index in [0.717, 1.165) is 10.9 Å². The smallest absolute Gasteiger partial charge is 0.277 e. The van der Waals surface area contributed by atoms with Gasteiger partial charge < -0.3 is 9.40 Å². The maximum absolute atomic E-state index is 12.6. The number of nitrogens with one attached hydrogen (secondary N) is 1. The van der Waals surface area contributed by atoms with E-state index in [9.17, 15) is 4.79 Å². The fourth-order valence-corrected chi connectivity index (χ4v) is 3.30. The summed E-state index contributed by atoms with van der Waals surface area (Å²) in [5.74, 6) is 1.31. The number of H-pyrrole nitrogens is 1. The van der Waals surface area contributed by atoms with Crippen molar-refractivity contribution in [2.45, 2.75) is 23.1 Å². The van der Waals surface area contributed by atoms with Crippen molar-refractivity contribution in [3.05, 3.63) is 41.9 Å². The molecule has 7 heteroatoms. The molecule has 2 heterocycles. The summed E-state index contributed by atoms with van der Waals surface area (Å²) in [7, 11) is 0. The molecule has 1 aromatic carbocycles. The summed E-state index contributed by atoms with van der Waals surface area (Å²) in [5, 5.41) is 9.01. The van der Waals surface area contributed by atoms with Crippen molar-refractivity contribution in [3.63, 3.8) is 0 Å². The lowest BCUT2D eigenvalue weighted by molar-refractivity contribution is 0.0995. The molecule has 0 radical (unpaired) electrons. The average molecular weight is 333 g/mol. The summed E-state index contributed by atoms with van der Waals surface area (Å²) in [6, 6.07) is 7.77. The summed E-state index contributed by atoms with van der Waals surface area (Å²) in [6.07, 6.45) is 3.73. The van der Waals surface area contributed by atoms with E-state index in [4.69, 9.17) is 4.42 Å². The summed E-state index contributed by atoms with van der Waals surface area (Å²) < 4.78 is 5.51. The van der Waals surface area contributed by atoms with E-state index >= 15 is 0 Å². The van der Waals surface area contributed by atoms with Crippen molar-refractivity contribution >= 4 is 40.2 Å². The topological polar surface area (TPSA) is 71.8 Å². The molecule has 0 saturated carbocycles. The molecule has 0 fully saturated rings. The highest BCUT2D eigenvalue weighted by Crippen LogP contribution is 2.27. The third-order valence-electron chi connectivity index (χ3n) is 3.22. The molecule has 3 rings (SSSR count). The molecule has 1 N–H and O–H groups in total. The van der Waals surface area contributed by atoms with Gasteiger partial charge in [-0.2, -0.15) is 11.8 Å². The average Bonchev–Trinajstić information content (AvgIpc) is 3.13. The maximum atomic E-state index is 12.6. The number of carbonyl (C=O) groups excluding carboxylic acids is 1. The SMILES string of the molecule is CSCc1nnc(SC(C)C(=O)c2c[nH]c3ccccc23)o1. The van der Waals surface area contributed by atoms with Crippen LogP contribution in [-0.2, 0) is 5.75 Å². The molecule has 0 spiro atoms. The third kappa shape index (κ3) is 3.05. The van der Waals surface area contributed by atoms with Crippen LogP contribution < -0.4 is 0 Å². The number of hydrogen-bond acceptors (Lipinski definition) is 6. The first kappa shape index (κ1) is 15.2. The van der Waals surface area contributed by atoms with Gasteiger partial charge in [0.05, 0.1) is 11.0 Å². The van der Waals surface area contributed by atoms with Crippen molar-refractivity contribution in [1.29, 1.82) is 0 Å². The molecule has 0 aliphatic heterocycles. The predicted octanol–water partition coefficient (Wildman–Crippen LogP) is 3.78. The normalized spacial score (nSPS) is 12.6. The number of thioether (sulfide) groups is 2. The number of aromatic amines is 1. The van der Waals surface area contributed by atoms with Crippen LogP contribution in [0.3, 0.4) is 0 Å². The molecule has 5 nitrogen and oxygen atoms in total. The first-order chi connectivity index (χ1) is 10.7. The Morgan fingerprint density at radius 1 is 1.36 bits per heavy atom. The van der Waals surface area contributed by atoms with E-state index in [1.807, 2.05) is 37.4 Å². The Labute approximate surface area is 136 Å². The lowest BCUT2D eigenvalue weighted by Gasteiger charge is -2.06.